The van der Waals surface area contributed by atoms with Crippen LogP contribution in [0.5, 0.6) is 0 Å². The third kappa shape index (κ3) is 2.21. The van der Waals surface area contributed by atoms with E-state index in [0.717, 1.165) is 18.3 Å². The molecule has 3 rings (SSSR count). The van der Waals surface area contributed by atoms with Crippen molar-refractivity contribution in [1.29, 1.82) is 0 Å². The number of rotatable bonds is 4. The number of quaternary nitrogens is 1. The minimum atomic E-state index is -0.237. The fourth-order valence-electron chi connectivity index (χ4n) is 5.03. The fraction of sp³-hybridized carbons (Fsp3) is 1.00. The Morgan fingerprint density at radius 2 is 2.00 bits per heavy atom. The van der Waals surface area contributed by atoms with Gasteiger partial charge < -0.3 is 10.3 Å². The zero-order valence-corrected chi connectivity index (χ0v) is 12.1. The Bertz CT molecular complexity index is 339. The molecule has 110 valence electrons. The van der Waals surface area contributed by atoms with Crippen molar-refractivity contribution in [3.63, 3.8) is 0 Å². The van der Waals surface area contributed by atoms with Crippen molar-refractivity contribution in [2.45, 2.75) is 32.3 Å². The number of aliphatic hydroxyl groups is 1. The van der Waals surface area contributed by atoms with Crippen LogP contribution in [-0.4, -0.2) is 36.9 Å². The molecule has 0 aliphatic heterocycles. The zero-order valence-electron chi connectivity index (χ0n) is 12.1. The highest BCUT2D eigenvalue weighted by atomic mass is 16.9. The molecule has 3 aliphatic carbocycles. The predicted octanol–water partition coefficient (Wildman–Crippen LogP) is 0.0664. The maximum atomic E-state index is 11.5. The smallest absolute Gasteiger partial charge is 0.112 e. The van der Waals surface area contributed by atoms with Gasteiger partial charge in [-0.15, -0.1) is 10.3 Å². The van der Waals surface area contributed by atoms with Gasteiger partial charge >= 0.3 is 0 Å². The number of nitrogens with one attached hydrogen (secondary N) is 1. The summed E-state index contributed by atoms with van der Waals surface area (Å²) in [6.45, 7) is 2.75. The third-order valence-corrected chi connectivity index (χ3v) is 5.89. The minimum Gasteiger partial charge on any atom is -0.579 e. The van der Waals surface area contributed by atoms with Gasteiger partial charge in [-0.2, -0.15) is 4.84 Å². The second-order valence-corrected chi connectivity index (χ2v) is 7.03. The van der Waals surface area contributed by atoms with Crippen LogP contribution in [0.1, 0.15) is 26.2 Å². The highest BCUT2D eigenvalue weighted by Gasteiger charge is 2.58. The second kappa shape index (κ2) is 4.97. The topological polar surface area (TPSA) is 60.2 Å². The molecule has 5 heteroatoms. The Kier molecular flexibility index (Phi) is 3.60. The monoisotopic (exact) mass is 270 g/mol. The van der Waals surface area contributed by atoms with Crippen molar-refractivity contribution in [2.75, 3.05) is 20.7 Å². The SMILES string of the molecule is CC1C(O)CC2C3CC(CO[NH+]([O-])N(C)C)C(C3)C12. The van der Waals surface area contributed by atoms with Crippen LogP contribution in [0.3, 0.4) is 0 Å². The lowest BCUT2D eigenvalue weighted by Gasteiger charge is -2.34. The van der Waals surface area contributed by atoms with Crippen molar-refractivity contribution in [2.24, 2.45) is 35.5 Å². The van der Waals surface area contributed by atoms with Crippen molar-refractivity contribution in [3.05, 3.63) is 5.21 Å². The summed E-state index contributed by atoms with van der Waals surface area (Å²) >= 11 is 0. The molecule has 8 unspecified atom stereocenters. The molecule has 0 heterocycles. The van der Waals surface area contributed by atoms with Crippen LogP contribution in [0.2, 0.25) is 0 Å². The van der Waals surface area contributed by atoms with E-state index in [1.807, 2.05) is 0 Å². The summed E-state index contributed by atoms with van der Waals surface area (Å²) in [4.78, 5) is 5.38. The Balaban J connectivity index is 1.60. The first-order valence-corrected chi connectivity index (χ1v) is 7.51. The molecule has 0 saturated heterocycles. The first kappa shape index (κ1) is 13.8. The standard InChI is InChI=1S/C14H26N2O3/c1-8-13(17)6-12-9-4-10(11(5-9)14(8)12)7-19-16(18)15(2)3/h8-14,16-17H,4-7H2,1-3H3. The van der Waals surface area contributed by atoms with Gasteiger partial charge in [-0.1, -0.05) is 6.92 Å². The lowest BCUT2D eigenvalue weighted by atomic mass is 9.73. The Hall–Kier alpha value is -0.200. The van der Waals surface area contributed by atoms with Crippen LogP contribution in [0.15, 0.2) is 0 Å². The molecule has 0 aromatic heterocycles. The zero-order chi connectivity index (χ0) is 13.7. The highest BCUT2D eigenvalue weighted by molar-refractivity contribution is 5.06. The van der Waals surface area contributed by atoms with Gasteiger partial charge in [-0.3, -0.25) is 0 Å². The van der Waals surface area contributed by atoms with Gasteiger partial charge in [0.2, 0.25) is 0 Å². The molecule has 3 aliphatic rings. The maximum absolute atomic E-state index is 11.5. The third-order valence-electron chi connectivity index (χ3n) is 5.89. The summed E-state index contributed by atoms with van der Waals surface area (Å²) in [6, 6.07) is 0. The van der Waals surface area contributed by atoms with Gasteiger partial charge in [-0.05, 0) is 54.8 Å². The van der Waals surface area contributed by atoms with E-state index in [-0.39, 0.29) is 11.4 Å². The van der Waals surface area contributed by atoms with E-state index in [4.69, 9.17) is 4.84 Å². The maximum Gasteiger partial charge on any atom is 0.112 e. The molecule has 0 radical (unpaired) electrons. The first-order chi connectivity index (χ1) is 8.99. The van der Waals surface area contributed by atoms with E-state index in [0.29, 0.717) is 30.3 Å². The van der Waals surface area contributed by atoms with Gasteiger partial charge in [0.15, 0.2) is 0 Å². The van der Waals surface area contributed by atoms with Crippen molar-refractivity contribution in [1.82, 2.24) is 5.01 Å². The van der Waals surface area contributed by atoms with Crippen molar-refractivity contribution < 1.29 is 15.3 Å². The van der Waals surface area contributed by atoms with Crippen LogP contribution < -0.4 is 5.34 Å². The normalized spacial score (nSPS) is 49.9. The molecule has 0 amide bonds. The molecule has 0 aromatic rings. The molecule has 0 aromatic carbocycles. The van der Waals surface area contributed by atoms with E-state index in [1.165, 1.54) is 17.9 Å². The molecule has 2 N–H and O–H groups in total. The lowest BCUT2D eigenvalue weighted by molar-refractivity contribution is -1.14. The van der Waals surface area contributed by atoms with Crippen LogP contribution in [0.25, 0.3) is 0 Å². The number of aliphatic hydroxyl groups excluding tert-OH is 1. The van der Waals surface area contributed by atoms with Crippen molar-refractivity contribution in [3.8, 4) is 0 Å². The van der Waals surface area contributed by atoms with Crippen molar-refractivity contribution >= 4 is 0 Å². The van der Waals surface area contributed by atoms with E-state index < -0.39 is 0 Å². The Labute approximate surface area is 115 Å². The van der Waals surface area contributed by atoms with Gasteiger partial charge in [-0.25, -0.2) is 0 Å². The van der Waals surface area contributed by atoms with Gasteiger partial charge in [0.25, 0.3) is 0 Å². The average Bonchev–Trinajstić information content (AvgIpc) is 2.99. The summed E-state index contributed by atoms with van der Waals surface area (Å²) in [5, 5.41) is 22.8. The molecule has 19 heavy (non-hydrogen) atoms. The summed E-state index contributed by atoms with van der Waals surface area (Å²) in [5.41, 5.74) is 0. The van der Waals surface area contributed by atoms with Gasteiger partial charge in [0.05, 0.1) is 6.10 Å². The first-order valence-electron chi connectivity index (χ1n) is 7.51. The molecular formula is C14H26N2O3. The highest BCUT2D eigenvalue weighted by Crippen LogP contribution is 2.62. The number of hydrogen-bond acceptors (Lipinski definition) is 4. The van der Waals surface area contributed by atoms with Crippen LogP contribution in [0, 0.1) is 40.7 Å². The number of nitrogens with zero attached hydrogens (tertiary/aromatic N) is 1. The van der Waals surface area contributed by atoms with Crippen LogP contribution >= 0.6 is 0 Å². The summed E-state index contributed by atoms with van der Waals surface area (Å²) in [6.07, 6.45) is 3.36. The molecule has 2 bridgehead atoms. The molecule has 0 spiro atoms. The average molecular weight is 270 g/mol. The summed E-state index contributed by atoms with van der Waals surface area (Å²) in [5.74, 6) is 3.76. The van der Waals surface area contributed by atoms with Crippen LogP contribution in [-0.2, 0) is 4.84 Å². The Morgan fingerprint density at radius 3 is 2.68 bits per heavy atom. The van der Waals surface area contributed by atoms with Gasteiger partial charge in [0.1, 0.15) is 6.61 Å². The second-order valence-electron chi connectivity index (χ2n) is 7.03. The molecule has 8 atom stereocenters. The van der Waals surface area contributed by atoms with Gasteiger partial charge in [0, 0.05) is 14.1 Å². The fourth-order valence-corrected chi connectivity index (χ4v) is 5.03. The summed E-state index contributed by atoms with van der Waals surface area (Å²) in [7, 11) is 3.43. The van der Waals surface area contributed by atoms with Crippen LogP contribution in [0.4, 0.5) is 0 Å². The quantitative estimate of drug-likeness (QED) is 0.710. The number of fused-ring (bicyclic) bond motifs is 5. The predicted molar refractivity (Wildman–Crippen MR) is 70.4 cm³/mol. The summed E-state index contributed by atoms with van der Waals surface area (Å²) < 4.78 is 0. The van der Waals surface area contributed by atoms with E-state index in [9.17, 15) is 10.3 Å². The number of hydrogen-bond donors (Lipinski definition) is 2. The molecule has 3 fully saturated rings. The lowest BCUT2D eigenvalue weighted by Crippen LogP contribution is -3.12. The molecular weight excluding hydrogens is 244 g/mol. The Morgan fingerprint density at radius 1 is 1.26 bits per heavy atom. The largest absolute Gasteiger partial charge is 0.579 e. The molecule has 5 nitrogen and oxygen atoms in total. The van der Waals surface area contributed by atoms with E-state index in [1.54, 1.807) is 14.1 Å². The minimum absolute atomic E-state index is 0.108. The molecule has 3 saturated carbocycles. The van der Waals surface area contributed by atoms with E-state index in [2.05, 4.69) is 6.92 Å². The van der Waals surface area contributed by atoms with E-state index >= 15 is 0 Å².